The van der Waals surface area contributed by atoms with Gasteiger partial charge in [0, 0.05) is 35.1 Å². The van der Waals surface area contributed by atoms with Crippen molar-refractivity contribution < 1.29 is 43.3 Å². The summed E-state index contributed by atoms with van der Waals surface area (Å²) in [6.07, 6.45) is 3.37. The van der Waals surface area contributed by atoms with Crippen molar-refractivity contribution in [2.45, 2.75) is 103 Å². The van der Waals surface area contributed by atoms with Crippen LogP contribution in [0.3, 0.4) is 0 Å². The maximum Gasteiger partial charge on any atom is 0.408 e. The molecule has 4 N–H and O–H groups in total. The number of benzene rings is 1. The highest BCUT2D eigenvalue weighted by Crippen LogP contribution is 2.45. The van der Waals surface area contributed by atoms with E-state index in [2.05, 4.69) is 43.4 Å². The van der Waals surface area contributed by atoms with E-state index in [1.807, 2.05) is 0 Å². The van der Waals surface area contributed by atoms with E-state index >= 15 is 0 Å². The molecule has 6 rings (SSSR count). The van der Waals surface area contributed by atoms with Gasteiger partial charge in [-0.15, -0.1) is 17.9 Å². The number of hydrogen-bond donors (Lipinski definition) is 4. The van der Waals surface area contributed by atoms with Crippen LogP contribution >= 0.6 is 27.3 Å². The van der Waals surface area contributed by atoms with Gasteiger partial charge in [0.2, 0.25) is 17.7 Å². The first-order chi connectivity index (χ1) is 26.9. The Morgan fingerprint density at radius 3 is 2.42 bits per heavy atom. The molecule has 0 radical (unpaired) electrons. The third kappa shape index (κ3) is 8.88. The van der Waals surface area contributed by atoms with Crippen molar-refractivity contribution in [2.75, 3.05) is 19.0 Å². The molecule has 1 aliphatic heterocycles. The van der Waals surface area contributed by atoms with E-state index in [0.717, 1.165) is 25.7 Å². The van der Waals surface area contributed by atoms with Crippen LogP contribution in [-0.2, 0) is 23.9 Å². The van der Waals surface area contributed by atoms with Crippen molar-refractivity contribution >= 4 is 73.1 Å². The van der Waals surface area contributed by atoms with E-state index in [1.54, 1.807) is 58.2 Å². The number of pyridine rings is 1. The van der Waals surface area contributed by atoms with E-state index in [4.69, 9.17) is 19.2 Å². The number of likely N-dealkylation sites (tertiary alicyclic amines) is 1. The van der Waals surface area contributed by atoms with Crippen LogP contribution in [0.4, 0.5) is 9.93 Å². The first-order valence-electron chi connectivity index (χ1n) is 19.0. The number of nitrogens with one attached hydrogen (secondary N) is 3. The van der Waals surface area contributed by atoms with Crippen molar-refractivity contribution in [1.29, 1.82) is 0 Å². The van der Waals surface area contributed by atoms with Gasteiger partial charge in [0.05, 0.1) is 29.3 Å². The SMILES string of the molecule is C=CC1C[C@]1(NC(=O)[C@@H]1C[C@@H](Oc2cc(-c3csc(NC(=O)C(C)C)n3)nc3c(Br)c(OC)ccc23)CN1C(=O)[C@@H](NC(=O)OC1CCCC1)C(C)(C)C)C(=O)O. The van der Waals surface area contributed by atoms with Crippen LogP contribution in [0.25, 0.3) is 22.3 Å². The number of carboxylic acids is 1. The van der Waals surface area contributed by atoms with Crippen LogP contribution in [0, 0.1) is 17.3 Å². The van der Waals surface area contributed by atoms with Gasteiger partial charge >= 0.3 is 12.1 Å². The summed E-state index contributed by atoms with van der Waals surface area (Å²) in [7, 11) is 1.54. The molecule has 3 heterocycles. The second-order valence-electron chi connectivity index (χ2n) is 16.2. The number of hydrogen-bond acceptors (Lipinski definition) is 11. The number of ether oxygens (including phenoxy) is 3. The van der Waals surface area contributed by atoms with Crippen molar-refractivity contribution in [2.24, 2.45) is 17.3 Å². The van der Waals surface area contributed by atoms with Gasteiger partial charge in [0.15, 0.2) is 5.13 Å². The lowest BCUT2D eigenvalue weighted by Crippen LogP contribution is -2.59. The predicted octanol–water partition coefficient (Wildman–Crippen LogP) is 6.30. The van der Waals surface area contributed by atoms with Crippen molar-refractivity contribution in [1.82, 2.24) is 25.5 Å². The molecular weight excluding hydrogens is 820 g/mol. The van der Waals surface area contributed by atoms with Gasteiger partial charge < -0.3 is 40.2 Å². The Kier molecular flexibility index (Phi) is 12.2. The summed E-state index contributed by atoms with van der Waals surface area (Å²) in [5.74, 6) is -2.40. The first-order valence-corrected chi connectivity index (χ1v) is 20.7. The van der Waals surface area contributed by atoms with Crippen molar-refractivity contribution in [3.63, 3.8) is 0 Å². The minimum atomic E-state index is -1.54. The maximum absolute atomic E-state index is 14.6. The summed E-state index contributed by atoms with van der Waals surface area (Å²) in [4.78, 5) is 77.5. The number of fused-ring (bicyclic) bond motifs is 1. The third-order valence-corrected chi connectivity index (χ3v) is 12.2. The highest BCUT2D eigenvalue weighted by atomic mass is 79.9. The quantitative estimate of drug-likeness (QED) is 0.141. The summed E-state index contributed by atoms with van der Waals surface area (Å²) in [5, 5.41) is 21.2. The summed E-state index contributed by atoms with van der Waals surface area (Å²) in [6.45, 7) is 12.6. The standard InChI is InChI=1S/C40H49BrN6O9S/c1-8-21-17-40(21,36(51)52)46-34(49)27-15-23(18-47(27)35(50)32(39(4,5)6)44-38(53)56-22-11-9-10-12-22)55-29-16-25(26-19-57-37(43-26)45-33(48)20(2)3)42-31-24(29)13-14-28(54-7)30(31)41/h8,13-14,16,19-23,27,32H,1,9-12,15,17-18H2,2-7H3,(H,44,53)(H,46,49)(H,51,52)(H,43,45,48)/t21?,23-,27+,32-,40-/m1/s1. The number of rotatable bonds is 13. The fourth-order valence-corrected chi connectivity index (χ4v) is 8.59. The fourth-order valence-electron chi connectivity index (χ4n) is 7.29. The lowest BCUT2D eigenvalue weighted by Gasteiger charge is -2.35. The molecule has 3 aromatic rings. The number of anilines is 1. The number of carbonyl (C=O) groups excluding carboxylic acids is 4. The molecule has 1 unspecified atom stereocenters. The highest BCUT2D eigenvalue weighted by molar-refractivity contribution is 9.10. The van der Waals surface area contributed by atoms with Crippen LogP contribution in [0.5, 0.6) is 11.5 Å². The Morgan fingerprint density at radius 1 is 1.09 bits per heavy atom. The molecule has 306 valence electrons. The van der Waals surface area contributed by atoms with Gasteiger partial charge in [-0.05, 0) is 65.6 Å². The largest absolute Gasteiger partial charge is 0.495 e. The van der Waals surface area contributed by atoms with Crippen molar-refractivity contribution in [3.8, 4) is 22.9 Å². The molecule has 0 bridgehead atoms. The van der Waals surface area contributed by atoms with E-state index in [-0.39, 0.29) is 37.3 Å². The highest BCUT2D eigenvalue weighted by Gasteiger charge is 2.61. The zero-order valence-electron chi connectivity index (χ0n) is 32.8. The second-order valence-corrected chi connectivity index (χ2v) is 17.9. The zero-order chi connectivity index (χ0) is 41.4. The van der Waals surface area contributed by atoms with Crippen LogP contribution in [0.15, 0.2) is 40.7 Å². The molecule has 3 fully saturated rings. The van der Waals surface area contributed by atoms with Crippen molar-refractivity contribution in [3.05, 3.63) is 40.7 Å². The molecular formula is C40H49BrN6O9S. The molecule has 2 aromatic heterocycles. The van der Waals surface area contributed by atoms with Gasteiger partial charge in [0.25, 0.3) is 0 Å². The van der Waals surface area contributed by atoms with Gasteiger partial charge in [-0.2, -0.15) is 0 Å². The number of carboxylic acid groups (broad SMARTS) is 1. The topological polar surface area (TPSA) is 198 Å². The summed E-state index contributed by atoms with van der Waals surface area (Å²) < 4.78 is 18.5. The number of aliphatic carboxylic acids is 1. The molecule has 5 atom stereocenters. The number of carbonyl (C=O) groups is 5. The number of alkyl carbamates (subject to hydrolysis) is 1. The molecule has 57 heavy (non-hydrogen) atoms. The summed E-state index contributed by atoms with van der Waals surface area (Å²) in [6, 6.07) is 3.01. The van der Waals surface area contributed by atoms with E-state index < -0.39 is 58.9 Å². The molecule has 4 amide bonds. The molecule has 17 heteroatoms. The fraction of sp³-hybridized carbons (Fsp3) is 0.525. The number of amides is 4. The number of methoxy groups -OCH3 is 1. The van der Waals surface area contributed by atoms with Gasteiger partial charge in [-0.25, -0.2) is 19.6 Å². The Bertz CT molecular complexity index is 2080. The van der Waals surface area contributed by atoms with Crippen LogP contribution in [0.1, 0.15) is 73.1 Å². The monoisotopic (exact) mass is 868 g/mol. The third-order valence-electron chi connectivity index (χ3n) is 10.7. The van der Waals surface area contributed by atoms with Gasteiger partial charge in [0.1, 0.15) is 47.0 Å². The summed E-state index contributed by atoms with van der Waals surface area (Å²) in [5.41, 5.74) is -0.945. The molecule has 1 aromatic carbocycles. The normalized spacial score (nSPS) is 22.5. The average molecular weight is 870 g/mol. The van der Waals surface area contributed by atoms with Gasteiger partial charge in [-0.1, -0.05) is 40.7 Å². The molecule has 2 saturated carbocycles. The average Bonchev–Trinajstić information content (AvgIpc) is 3.57. The number of aromatic nitrogens is 2. The zero-order valence-corrected chi connectivity index (χ0v) is 35.3. The van der Waals surface area contributed by atoms with Crippen LogP contribution < -0.4 is 25.4 Å². The first kappa shape index (κ1) is 41.9. The minimum Gasteiger partial charge on any atom is -0.495 e. The number of nitrogens with zero attached hydrogens (tertiary/aromatic N) is 3. The smallest absolute Gasteiger partial charge is 0.408 e. The van der Waals surface area contributed by atoms with Crippen LogP contribution in [-0.4, -0.2) is 93.2 Å². The molecule has 3 aliphatic rings. The summed E-state index contributed by atoms with van der Waals surface area (Å²) >= 11 is 4.87. The lowest BCUT2D eigenvalue weighted by molar-refractivity contribution is -0.146. The second kappa shape index (κ2) is 16.6. The number of halogens is 1. The Labute approximate surface area is 343 Å². The predicted molar refractivity (Wildman–Crippen MR) is 217 cm³/mol. The molecule has 2 aliphatic carbocycles. The van der Waals surface area contributed by atoms with Gasteiger partial charge in [-0.3, -0.25) is 14.4 Å². The molecule has 0 spiro atoms. The molecule has 1 saturated heterocycles. The maximum atomic E-state index is 14.6. The lowest BCUT2D eigenvalue weighted by atomic mass is 9.85. The van der Waals surface area contributed by atoms with E-state index in [9.17, 15) is 29.1 Å². The Morgan fingerprint density at radius 2 is 1.81 bits per heavy atom. The molecule has 15 nitrogen and oxygen atoms in total. The minimum absolute atomic E-state index is 0.00791. The Hall–Kier alpha value is -4.77. The van der Waals surface area contributed by atoms with E-state index in [1.165, 1.54) is 29.4 Å². The number of thiazole rings is 1. The van der Waals surface area contributed by atoms with Crippen LogP contribution in [0.2, 0.25) is 0 Å². The Balaban J connectivity index is 1.34. The van der Waals surface area contributed by atoms with E-state index in [0.29, 0.717) is 43.4 Å².